The molecule has 0 radical (unpaired) electrons. The zero-order valence-electron chi connectivity index (χ0n) is 40.3. The van der Waals surface area contributed by atoms with Gasteiger partial charge in [-0.1, -0.05) is 70.1 Å². The van der Waals surface area contributed by atoms with Crippen molar-refractivity contribution in [3.05, 3.63) is 71.9 Å². The second-order valence-electron chi connectivity index (χ2n) is 17.8. The quantitative estimate of drug-likeness (QED) is 0.0354. The van der Waals surface area contributed by atoms with Crippen LogP contribution in [0.4, 0.5) is 0 Å². The molecule has 0 unspecified atom stereocenters. The number of hydrogen-bond donors (Lipinski definition) is 13. The number of nitrogens with one attached hydrogen (secondary N) is 8. The lowest BCUT2D eigenvalue weighted by Crippen LogP contribution is -2.62. The number of carbonyl (C=O) groups is 8. The predicted molar refractivity (Wildman–Crippen MR) is 272 cm³/mol. The number of benzene rings is 2. The number of carboxylic acids is 1. The molecule has 1 aliphatic rings. The Bertz CT molecular complexity index is 2350. The number of H-pyrrole nitrogens is 1. The Morgan fingerprint density at radius 2 is 1.46 bits per heavy atom. The number of aliphatic hydroxyl groups excluding tert-OH is 1. The van der Waals surface area contributed by atoms with Crippen molar-refractivity contribution >= 4 is 85.8 Å². The number of aliphatic imine (C=N–C) groups is 1. The molecule has 0 bridgehead atoms. The summed E-state index contributed by atoms with van der Waals surface area (Å²) < 4.78 is -1.26. The number of rotatable bonds is 17. The second kappa shape index (κ2) is 27.9. The van der Waals surface area contributed by atoms with Gasteiger partial charge < -0.3 is 69.6 Å². The van der Waals surface area contributed by atoms with Crippen LogP contribution in [-0.4, -0.2) is 140 Å². The Balaban J connectivity index is 1.81. The first kappa shape index (κ1) is 57.2. The van der Waals surface area contributed by atoms with Gasteiger partial charge in [0.05, 0.1) is 10.9 Å². The van der Waals surface area contributed by atoms with Crippen LogP contribution in [0.15, 0.2) is 65.8 Å². The first-order valence-corrected chi connectivity index (χ1v) is 25.7. The summed E-state index contributed by atoms with van der Waals surface area (Å²) in [5.74, 6) is -7.08. The van der Waals surface area contributed by atoms with Crippen molar-refractivity contribution in [1.29, 1.82) is 0 Å². The molecule has 24 heteroatoms. The summed E-state index contributed by atoms with van der Waals surface area (Å²) in [6.07, 6.45) is 1.11. The van der Waals surface area contributed by atoms with Gasteiger partial charge in [0.1, 0.15) is 42.3 Å². The molecule has 22 nitrogen and oxygen atoms in total. The molecule has 71 heavy (non-hydrogen) atoms. The van der Waals surface area contributed by atoms with E-state index in [1.807, 2.05) is 18.2 Å². The monoisotopic (exact) mass is 1020 g/mol. The molecular formula is C47H68N12O10S2. The van der Waals surface area contributed by atoms with E-state index in [1.165, 1.54) is 13.8 Å². The number of aliphatic hydroxyl groups is 1. The van der Waals surface area contributed by atoms with Crippen molar-refractivity contribution in [2.75, 3.05) is 18.8 Å². The van der Waals surface area contributed by atoms with Gasteiger partial charge >= 0.3 is 5.97 Å². The number of guanidine groups is 1. The highest BCUT2D eigenvalue weighted by Crippen LogP contribution is 2.39. The summed E-state index contributed by atoms with van der Waals surface area (Å²) in [6, 6.07) is 6.03. The van der Waals surface area contributed by atoms with Crippen LogP contribution in [-0.2, 0) is 51.2 Å². The molecule has 8 atom stereocenters. The Labute approximate surface area is 420 Å². The molecule has 1 fully saturated rings. The van der Waals surface area contributed by atoms with E-state index >= 15 is 0 Å². The van der Waals surface area contributed by atoms with Gasteiger partial charge in [-0.2, -0.15) is 0 Å². The number of aliphatic carboxylic acids is 1. The SMILES string of the molecule is CC(=O)N[C@@H](CCCCN)C(=O)N[C@H]1CCSSC(C)(C)[C@@H](C(=O)O)NC(=O)[C@H](Cc2c[nH]c3ccccc23)NC(=O)[C@H](CCCN=C(N)N)NC(=O)[C@@H](Cc2ccccc2)NC(=O)[C@H]([C@@H](C)O)NC1=O. The number of carboxylic acid groups (broad SMARTS) is 1. The molecule has 7 amide bonds. The Morgan fingerprint density at radius 3 is 2.13 bits per heavy atom. The zero-order chi connectivity index (χ0) is 52.3. The Hall–Kier alpha value is -6.37. The van der Waals surface area contributed by atoms with Gasteiger partial charge in [-0.3, -0.25) is 38.6 Å². The number of amides is 7. The minimum Gasteiger partial charge on any atom is -0.480 e. The molecule has 16 N–H and O–H groups in total. The summed E-state index contributed by atoms with van der Waals surface area (Å²) in [6.45, 7) is 6.08. The van der Waals surface area contributed by atoms with Crippen molar-refractivity contribution in [2.24, 2.45) is 22.2 Å². The summed E-state index contributed by atoms with van der Waals surface area (Å²) in [5, 5.41) is 40.9. The summed E-state index contributed by atoms with van der Waals surface area (Å²) >= 11 is 0. The maximum absolute atomic E-state index is 14.5. The van der Waals surface area contributed by atoms with Crippen LogP contribution >= 0.6 is 21.6 Å². The van der Waals surface area contributed by atoms with Crippen LogP contribution in [0.5, 0.6) is 0 Å². The molecule has 0 aliphatic carbocycles. The fourth-order valence-corrected chi connectivity index (χ4v) is 10.5. The van der Waals surface area contributed by atoms with Gasteiger partial charge in [0.25, 0.3) is 0 Å². The molecule has 4 rings (SSSR count). The van der Waals surface area contributed by atoms with E-state index in [4.69, 9.17) is 17.2 Å². The fraction of sp³-hybridized carbons (Fsp3) is 0.511. The molecule has 388 valence electrons. The average Bonchev–Trinajstić information content (AvgIpc) is 3.72. The number of nitrogens with two attached hydrogens (primary N) is 3. The van der Waals surface area contributed by atoms with Gasteiger partial charge in [-0.05, 0) is 83.0 Å². The van der Waals surface area contributed by atoms with Gasteiger partial charge in [-0.15, -0.1) is 0 Å². The third kappa shape index (κ3) is 18.1. The van der Waals surface area contributed by atoms with E-state index in [0.717, 1.165) is 32.5 Å². The van der Waals surface area contributed by atoms with E-state index in [9.17, 15) is 48.6 Å². The van der Waals surface area contributed by atoms with Gasteiger partial charge in [0.15, 0.2) is 5.96 Å². The van der Waals surface area contributed by atoms with Crippen molar-refractivity contribution in [3.8, 4) is 0 Å². The van der Waals surface area contributed by atoms with E-state index in [1.54, 1.807) is 56.4 Å². The average molecular weight is 1030 g/mol. The first-order valence-electron chi connectivity index (χ1n) is 23.4. The Kier molecular flexibility index (Phi) is 22.5. The Morgan fingerprint density at radius 1 is 0.831 bits per heavy atom. The predicted octanol–water partition coefficient (Wildman–Crippen LogP) is -0.422. The first-order chi connectivity index (χ1) is 33.7. The van der Waals surface area contributed by atoms with E-state index < -0.39 is 100 Å². The van der Waals surface area contributed by atoms with Gasteiger partial charge in [0.2, 0.25) is 41.4 Å². The minimum absolute atomic E-state index is 0.0515. The lowest BCUT2D eigenvalue weighted by molar-refractivity contribution is -0.143. The molecule has 1 saturated heterocycles. The third-order valence-electron chi connectivity index (χ3n) is 11.6. The molecule has 2 heterocycles. The highest BCUT2D eigenvalue weighted by atomic mass is 33.1. The number of aromatic amines is 1. The number of hydrogen-bond acceptors (Lipinski definition) is 13. The van der Waals surface area contributed by atoms with Crippen LogP contribution in [0, 0.1) is 0 Å². The lowest BCUT2D eigenvalue weighted by atomic mass is 10.00. The number of fused-ring (bicyclic) bond motifs is 1. The normalized spacial score (nSPS) is 22.7. The van der Waals surface area contributed by atoms with Crippen molar-refractivity contribution < 1.29 is 48.6 Å². The molecule has 0 spiro atoms. The summed E-state index contributed by atoms with van der Waals surface area (Å²) in [7, 11) is 2.23. The molecule has 2 aromatic carbocycles. The number of unbranched alkanes of at least 4 members (excludes halogenated alkanes) is 1. The largest absolute Gasteiger partial charge is 0.480 e. The van der Waals surface area contributed by atoms with Crippen molar-refractivity contribution in [2.45, 2.75) is 132 Å². The van der Waals surface area contributed by atoms with Gasteiger partial charge in [0, 0.05) is 49.2 Å². The summed E-state index contributed by atoms with van der Waals surface area (Å²) in [4.78, 5) is 118. The van der Waals surface area contributed by atoms with Crippen LogP contribution < -0.4 is 54.4 Å². The highest BCUT2D eigenvalue weighted by Gasteiger charge is 2.41. The fourth-order valence-electron chi connectivity index (χ4n) is 7.76. The van der Waals surface area contributed by atoms with Crippen molar-refractivity contribution in [1.82, 2.24) is 42.2 Å². The molecule has 1 aliphatic heterocycles. The van der Waals surface area contributed by atoms with E-state index in [2.05, 4.69) is 47.2 Å². The van der Waals surface area contributed by atoms with E-state index in [-0.39, 0.29) is 56.8 Å². The van der Waals surface area contributed by atoms with Crippen LogP contribution in [0.3, 0.4) is 0 Å². The maximum atomic E-state index is 14.5. The zero-order valence-corrected chi connectivity index (χ0v) is 42.0. The molecular weight excluding hydrogens is 957 g/mol. The molecule has 0 saturated carbocycles. The standard InChI is InChI=1S/C47H68N12O10S2/c1-26(60)37-44(67)57-35(23-28-13-6-5-7-14-28)42(65)54-33(18-12-21-51-46(49)50)40(63)56-36(24-29-25-52-31-16-9-8-15-30(29)31)43(66)59-38(45(68)69)47(3,4)71-70-22-19-34(41(64)58-37)55-39(62)32(53-27(2)61)17-10-11-20-48/h5-9,13-16,25-26,32-38,52,60H,10-12,17-24,48H2,1-4H3,(H,53,61)(H,54,65)(H,55,62)(H,56,63)(H,57,67)(H,58,64)(H,59,66)(H,68,69)(H4,49,50,51)/t26-,32+,33+,34+,35-,36+,37+,38-/m1/s1. The number of carbonyl (C=O) groups excluding carboxylic acids is 7. The topological polar surface area (TPSA) is 367 Å². The molecule has 3 aromatic rings. The summed E-state index contributed by atoms with van der Waals surface area (Å²) in [5.41, 5.74) is 18.7. The van der Waals surface area contributed by atoms with E-state index in [0.29, 0.717) is 30.5 Å². The number of aromatic nitrogens is 1. The number of nitrogens with zero attached hydrogens (tertiary/aromatic N) is 1. The van der Waals surface area contributed by atoms with Crippen LogP contribution in [0.25, 0.3) is 10.9 Å². The van der Waals surface area contributed by atoms with Crippen LogP contribution in [0.2, 0.25) is 0 Å². The lowest BCUT2D eigenvalue weighted by Gasteiger charge is -2.32. The third-order valence-corrected chi connectivity index (χ3v) is 14.9. The maximum Gasteiger partial charge on any atom is 0.327 e. The smallest absolute Gasteiger partial charge is 0.327 e. The highest BCUT2D eigenvalue weighted by molar-refractivity contribution is 8.77. The van der Waals surface area contributed by atoms with Crippen LogP contribution in [0.1, 0.15) is 77.3 Å². The second-order valence-corrected chi connectivity index (χ2v) is 20.9. The molecule has 1 aromatic heterocycles. The number of para-hydroxylation sites is 1. The van der Waals surface area contributed by atoms with Gasteiger partial charge in [-0.25, -0.2) is 4.79 Å². The minimum atomic E-state index is -1.68. The van der Waals surface area contributed by atoms with Crippen molar-refractivity contribution in [3.63, 3.8) is 0 Å².